The molecular weight excluding hydrogens is 320 g/mol. The Morgan fingerprint density at radius 2 is 1.72 bits per heavy atom. The smallest absolute Gasteiger partial charge is 0.323 e. The molecule has 6 heteroatoms. The number of ether oxygens (including phenoxy) is 1. The summed E-state index contributed by atoms with van der Waals surface area (Å²) < 4.78 is 4.83. The Morgan fingerprint density at radius 3 is 2.44 bits per heavy atom. The van der Waals surface area contributed by atoms with Crippen LogP contribution in [0.5, 0.6) is 0 Å². The molecule has 0 radical (unpaired) electrons. The molecule has 0 unspecified atom stereocenters. The van der Waals surface area contributed by atoms with E-state index in [4.69, 9.17) is 4.74 Å². The molecule has 0 spiro atoms. The van der Waals surface area contributed by atoms with E-state index in [0.717, 1.165) is 21.2 Å². The molecule has 2 fully saturated rings. The number of amides is 2. The summed E-state index contributed by atoms with van der Waals surface area (Å²) in [4.78, 5) is 38.4. The van der Waals surface area contributed by atoms with Crippen molar-refractivity contribution < 1.29 is 19.1 Å². The fraction of sp³-hybridized carbons (Fsp3) is 0.316. The van der Waals surface area contributed by atoms with Crippen molar-refractivity contribution in [1.82, 2.24) is 10.2 Å². The van der Waals surface area contributed by atoms with Gasteiger partial charge in [0, 0.05) is 13.1 Å². The topological polar surface area (TPSA) is 75.7 Å². The molecule has 2 aliphatic rings. The number of hydrogen-bond acceptors (Lipinski definition) is 5. The van der Waals surface area contributed by atoms with E-state index in [1.807, 2.05) is 42.5 Å². The zero-order valence-corrected chi connectivity index (χ0v) is 13.9. The van der Waals surface area contributed by atoms with Gasteiger partial charge in [0.1, 0.15) is 6.04 Å². The number of carbonyl (C=O) groups is 3. The van der Waals surface area contributed by atoms with Gasteiger partial charge in [0.25, 0.3) is 0 Å². The van der Waals surface area contributed by atoms with Crippen LogP contribution in [0.1, 0.15) is 11.6 Å². The van der Waals surface area contributed by atoms with Crippen molar-refractivity contribution in [3.8, 4) is 0 Å². The van der Waals surface area contributed by atoms with Crippen molar-refractivity contribution in [3.05, 3.63) is 48.0 Å². The zero-order valence-electron chi connectivity index (χ0n) is 13.9. The molecule has 0 bridgehead atoms. The first-order chi connectivity index (χ1) is 12.0. The summed E-state index contributed by atoms with van der Waals surface area (Å²) in [5, 5.41) is 5.30. The number of likely N-dealkylation sites (tertiary alicyclic amines) is 1. The summed E-state index contributed by atoms with van der Waals surface area (Å²) >= 11 is 0. The second-order valence-electron chi connectivity index (χ2n) is 6.54. The average Bonchev–Trinajstić information content (AvgIpc) is 3.14. The van der Waals surface area contributed by atoms with E-state index in [9.17, 15) is 14.4 Å². The summed E-state index contributed by atoms with van der Waals surface area (Å²) in [5.41, 5.74) is 0.886. The Bertz CT molecular complexity index is 894. The molecule has 2 aromatic rings. The third kappa shape index (κ3) is 2.25. The summed E-state index contributed by atoms with van der Waals surface area (Å²) in [6.45, 7) is 0. The van der Waals surface area contributed by atoms with Gasteiger partial charge in [0.2, 0.25) is 11.8 Å². The van der Waals surface area contributed by atoms with Gasteiger partial charge in [0.05, 0.1) is 18.9 Å². The van der Waals surface area contributed by atoms with Crippen LogP contribution in [0.25, 0.3) is 10.8 Å². The molecule has 0 aliphatic carbocycles. The summed E-state index contributed by atoms with van der Waals surface area (Å²) in [6.07, 6.45) is 0. The minimum absolute atomic E-state index is 0.257. The molecule has 6 nitrogen and oxygen atoms in total. The van der Waals surface area contributed by atoms with Crippen LogP contribution in [0.2, 0.25) is 0 Å². The Labute approximate surface area is 144 Å². The summed E-state index contributed by atoms with van der Waals surface area (Å²) in [5.74, 6) is -2.42. The van der Waals surface area contributed by atoms with E-state index in [0.29, 0.717) is 0 Å². The number of esters is 1. The van der Waals surface area contributed by atoms with Crippen molar-refractivity contribution in [3.63, 3.8) is 0 Å². The van der Waals surface area contributed by atoms with Gasteiger partial charge in [-0.25, -0.2) is 0 Å². The quantitative estimate of drug-likeness (QED) is 0.659. The lowest BCUT2D eigenvalue weighted by atomic mass is 9.86. The first-order valence-corrected chi connectivity index (χ1v) is 8.17. The SMILES string of the molecule is COC(=O)[C@@H]1N[C@H](c2ccc3ccccc3c2)[C@@H]2C(=O)N(C)C(=O)[C@@H]21. The summed E-state index contributed by atoms with van der Waals surface area (Å²) in [6, 6.07) is 12.6. The molecule has 0 aromatic heterocycles. The maximum atomic E-state index is 12.6. The number of hydrogen-bond donors (Lipinski definition) is 1. The molecule has 1 N–H and O–H groups in total. The van der Waals surface area contributed by atoms with Gasteiger partial charge < -0.3 is 4.74 Å². The molecule has 2 amide bonds. The van der Waals surface area contributed by atoms with Crippen LogP contribution in [-0.4, -0.2) is 42.9 Å². The minimum atomic E-state index is -0.812. The Hall–Kier alpha value is -2.73. The predicted octanol–water partition coefficient (Wildman–Crippen LogP) is 1.26. The van der Waals surface area contributed by atoms with Crippen LogP contribution in [0.4, 0.5) is 0 Å². The molecule has 2 saturated heterocycles. The number of nitrogens with one attached hydrogen (secondary N) is 1. The van der Waals surface area contributed by atoms with E-state index in [2.05, 4.69) is 5.32 Å². The number of methoxy groups -OCH3 is 1. The maximum Gasteiger partial charge on any atom is 0.323 e. The average molecular weight is 338 g/mol. The minimum Gasteiger partial charge on any atom is -0.468 e. The van der Waals surface area contributed by atoms with Gasteiger partial charge in [-0.2, -0.15) is 0 Å². The first kappa shape index (κ1) is 15.8. The van der Waals surface area contributed by atoms with Crippen molar-refractivity contribution >= 4 is 28.6 Å². The van der Waals surface area contributed by atoms with Crippen LogP contribution < -0.4 is 5.32 Å². The van der Waals surface area contributed by atoms with Gasteiger partial charge in [0.15, 0.2) is 0 Å². The maximum absolute atomic E-state index is 12.6. The third-order valence-corrected chi connectivity index (χ3v) is 5.28. The van der Waals surface area contributed by atoms with Crippen molar-refractivity contribution in [2.45, 2.75) is 12.1 Å². The zero-order chi connectivity index (χ0) is 17.7. The molecule has 4 rings (SSSR count). The van der Waals surface area contributed by atoms with E-state index < -0.39 is 29.9 Å². The molecular formula is C19H18N2O4. The highest BCUT2D eigenvalue weighted by atomic mass is 16.5. The van der Waals surface area contributed by atoms with Crippen LogP contribution in [0.15, 0.2) is 42.5 Å². The summed E-state index contributed by atoms with van der Waals surface area (Å²) in [7, 11) is 2.75. The number of benzene rings is 2. The Balaban J connectivity index is 1.79. The third-order valence-electron chi connectivity index (χ3n) is 5.28. The molecule has 2 aromatic carbocycles. The van der Waals surface area contributed by atoms with Gasteiger partial charge in [-0.15, -0.1) is 0 Å². The van der Waals surface area contributed by atoms with Crippen molar-refractivity contribution in [2.24, 2.45) is 11.8 Å². The second-order valence-corrected chi connectivity index (χ2v) is 6.54. The second kappa shape index (κ2) is 5.67. The number of imide groups is 1. The van der Waals surface area contributed by atoms with E-state index >= 15 is 0 Å². The highest BCUT2D eigenvalue weighted by molar-refractivity contribution is 6.08. The van der Waals surface area contributed by atoms with Crippen LogP contribution in [0, 0.1) is 11.8 Å². The van der Waals surface area contributed by atoms with Gasteiger partial charge in [-0.05, 0) is 22.4 Å². The Morgan fingerprint density at radius 1 is 1.04 bits per heavy atom. The molecule has 0 saturated carbocycles. The standard InChI is InChI=1S/C19H18N2O4/c1-21-17(22)13-14(18(21)23)16(19(24)25-2)20-15(13)12-8-7-10-5-3-4-6-11(10)9-12/h3-9,13-16,20H,1-2H3/t13-,14+,15-,16-/m1/s1. The highest BCUT2D eigenvalue weighted by Crippen LogP contribution is 2.44. The Kier molecular flexibility index (Phi) is 3.58. The first-order valence-electron chi connectivity index (χ1n) is 8.17. The highest BCUT2D eigenvalue weighted by Gasteiger charge is 2.60. The van der Waals surface area contributed by atoms with Gasteiger partial charge in [-0.3, -0.25) is 24.6 Å². The lowest BCUT2D eigenvalue weighted by molar-refractivity contribution is -0.147. The predicted molar refractivity (Wildman–Crippen MR) is 90.4 cm³/mol. The fourth-order valence-corrected chi connectivity index (χ4v) is 4.01. The molecule has 2 aliphatic heterocycles. The molecule has 4 atom stereocenters. The van der Waals surface area contributed by atoms with E-state index in [1.54, 1.807) is 0 Å². The van der Waals surface area contributed by atoms with Crippen molar-refractivity contribution in [2.75, 3.05) is 14.2 Å². The largest absolute Gasteiger partial charge is 0.468 e. The lowest BCUT2D eigenvalue weighted by Crippen LogP contribution is -2.42. The van der Waals surface area contributed by atoms with Crippen LogP contribution in [-0.2, 0) is 19.1 Å². The normalized spacial score (nSPS) is 28.5. The number of carbonyl (C=O) groups excluding carboxylic acids is 3. The van der Waals surface area contributed by atoms with E-state index in [-0.39, 0.29) is 11.8 Å². The van der Waals surface area contributed by atoms with Gasteiger partial charge >= 0.3 is 5.97 Å². The van der Waals surface area contributed by atoms with E-state index in [1.165, 1.54) is 14.2 Å². The van der Waals surface area contributed by atoms with Gasteiger partial charge in [-0.1, -0.05) is 36.4 Å². The fourth-order valence-electron chi connectivity index (χ4n) is 4.01. The lowest BCUT2D eigenvalue weighted by Gasteiger charge is -2.20. The van der Waals surface area contributed by atoms with Crippen LogP contribution >= 0.6 is 0 Å². The van der Waals surface area contributed by atoms with Crippen LogP contribution in [0.3, 0.4) is 0 Å². The number of rotatable bonds is 2. The molecule has 2 heterocycles. The molecule has 25 heavy (non-hydrogen) atoms. The van der Waals surface area contributed by atoms with Crippen molar-refractivity contribution in [1.29, 1.82) is 0 Å². The number of fused-ring (bicyclic) bond motifs is 2. The molecule has 128 valence electrons. The number of nitrogens with zero attached hydrogens (tertiary/aromatic N) is 1. The monoisotopic (exact) mass is 338 g/mol.